The van der Waals surface area contributed by atoms with E-state index in [4.69, 9.17) is 37.9 Å². The van der Waals surface area contributed by atoms with E-state index in [1.54, 1.807) is 0 Å². The highest BCUT2D eigenvalue weighted by Gasteiger charge is 2.62. The maximum Gasteiger partial charge on any atom is 0.331 e. The summed E-state index contributed by atoms with van der Waals surface area (Å²) in [4.78, 5) is 38.1. The SMILES string of the molecule is COc1cc(/C=C/C(=O)OC[C@@]2(O[C@H]3O[C@H](CO)[C@@H](O)[C@H](O)[C@H]3OC(C)=O)O[C@H](CO)[C@@H](O)[C@@H]2OC(=O)/C=C/c2ccc(O)c(OC)c2)ccc1O. The number of rotatable bonds is 14. The molecule has 2 heterocycles. The van der Waals surface area contributed by atoms with Gasteiger partial charge in [-0.05, 0) is 47.5 Å². The Morgan fingerprint density at radius 2 is 1.35 bits per heavy atom. The van der Waals surface area contributed by atoms with Gasteiger partial charge in [0.25, 0.3) is 0 Å². The summed E-state index contributed by atoms with van der Waals surface area (Å²) in [6.45, 7) is -1.73. The third-order valence-corrected chi connectivity index (χ3v) is 7.99. The number of aliphatic hydroxyl groups excluding tert-OH is 5. The second-order valence-corrected chi connectivity index (χ2v) is 11.5. The Morgan fingerprint density at radius 1 is 0.788 bits per heavy atom. The van der Waals surface area contributed by atoms with Crippen LogP contribution in [0.15, 0.2) is 48.6 Å². The smallest absolute Gasteiger partial charge is 0.331 e. The Bertz CT molecular complexity index is 1630. The molecule has 0 bridgehead atoms. The maximum absolute atomic E-state index is 13.2. The van der Waals surface area contributed by atoms with Crippen molar-refractivity contribution in [2.75, 3.05) is 34.0 Å². The zero-order valence-corrected chi connectivity index (χ0v) is 28.1. The van der Waals surface area contributed by atoms with E-state index in [1.165, 1.54) is 62.8 Å². The molecule has 0 radical (unpaired) electrons. The first-order valence-electron chi connectivity index (χ1n) is 15.7. The Labute approximate surface area is 296 Å². The van der Waals surface area contributed by atoms with Crippen molar-refractivity contribution in [3.8, 4) is 23.0 Å². The molecular formula is C34H40O18. The highest BCUT2D eigenvalue weighted by molar-refractivity contribution is 5.88. The van der Waals surface area contributed by atoms with Crippen molar-refractivity contribution in [2.24, 2.45) is 0 Å². The van der Waals surface area contributed by atoms with Crippen molar-refractivity contribution in [3.63, 3.8) is 0 Å². The van der Waals surface area contributed by atoms with E-state index < -0.39 is 92.5 Å². The van der Waals surface area contributed by atoms with Crippen LogP contribution in [-0.4, -0.2) is 142 Å². The fourth-order valence-corrected chi connectivity index (χ4v) is 5.37. The van der Waals surface area contributed by atoms with E-state index in [9.17, 15) is 50.1 Å². The van der Waals surface area contributed by atoms with Crippen LogP contribution in [0.5, 0.6) is 23.0 Å². The van der Waals surface area contributed by atoms with E-state index in [1.807, 2.05) is 0 Å². The number of benzene rings is 2. The van der Waals surface area contributed by atoms with Crippen LogP contribution in [-0.2, 0) is 42.8 Å². The van der Waals surface area contributed by atoms with Gasteiger partial charge in [0, 0.05) is 19.1 Å². The largest absolute Gasteiger partial charge is 0.504 e. The summed E-state index contributed by atoms with van der Waals surface area (Å²) in [5.74, 6) is -5.72. The number of hydrogen-bond acceptors (Lipinski definition) is 18. The highest BCUT2D eigenvalue weighted by Crippen LogP contribution is 2.39. The van der Waals surface area contributed by atoms with Gasteiger partial charge in [-0.15, -0.1) is 0 Å². The number of methoxy groups -OCH3 is 2. The molecule has 0 aliphatic carbocycles. The zero-order chi connectivity index (χ0) is 38.2. The van der Waals surface area contributed by atoms with Gasteiger partial charge in [0.1, 0.15) is 37.1 Å². The summed E-state index contributed by atoms with van der Waals surface area (Å²) in [6.07, 6.45) is -9.73. The average Bonchev–Trinajstić information content (AvgIpc) is 3.38. The van der Waals surface area contributed by atoms with Gasteiger partial charge in [0.15, 0.2) is 35.2 Å². The quantitative estimate of drug-likeness (QED) is 0.0706. The molecule has 0 saturated carbocycles. The lowest BCUT2D eigenvalue weighted by Crippen LogP contribution is -2.64. The van der Waals surface area contributed by atoms with Gasteiger partial charge in [-0.3, -0.25) is 4.79 Å². The lowest BCUT2D eigenvalue weighted by atomic mass is 9.98. The molecule has 18 heteroatoms. The van der Waals surface area contributed by atoms with Crippen molar-refractivity contribution in [3.05, 3.63) is 59.7 Å². The highest BCUT2D eigenvalue weighted by atomic mass is 16.8. The number of aromatic hydroxyl groups is 2. The molecule has 2 aromatic carbocycles. The molecule has 0 aromatic heterocycles. The molecular weight excluding hydrogens is 696 g/mol. The first-order chi connectivity index (χ1) is 24.7. The summed E-state index contributed by atoms with van der Waals surface area (Å²) in [5.41, 5.74) is 0.803. The number of carbonyl (C=O) groups excluding carboxylic acids is 3. The van der Waals surface area contributed by atoms with Gasteiger partial charge in [0.2, 0.25) is 12.1 Å². The van der Waals surface area contributed by atoms with Crippen LogP contribution < -0.4 is 9.47 Å². The summed E-state index contributed by atoms with van der Waals surface area (Å²) >= 11 is 0. The van der Waals surface area contributed by atoms with Crippen molar-refractivity contribution in [2.45, 2.75) is 61.7 Å². The molecule has 0 amide bonds. The monoisotopic (exact) mass is 736 g/mol. The molecule has 2 aliphatic heterocycles. The topological polar surface area (TPSA) is 267 Å². The molecule has 2 aliphatic rings. The van der Waals surface area contributed by atoms with Crippen LogP contribution in [0.1, 0.15) is 18.1 Å². The number of phenolic OH excluding ortho intramolecular Hbond substituents is 2. The molecule has 0 spiro atoms. The van der Waals surface area contributed by atoms with Crippen LogP contribution in [0, 0.1) is 0 Å². The molecule has 7 N–H and O–H groups in total. The Morgan fingerprint density at radius 3 is 1.87 bits per heavy atom. The molecule has 0 unspecified atom stereocenters. The summed E-state index contributed by atoms with van der Waals surface area (Å²) in [7, 11) is 2.66. The average molecular weight is 737 g/mol. The van der Waals surface area contributed by atoms with Crippen molar-refractivity contribution in [1.29, 1.82) is 0 Å². The predicted octanol–water partition coefficient (Wildman–Crippen LogP) is -0.868. The van der Waals surface area contributed by atoms with Crippen molar-refractivity contribution >= 4 is 30.1 Å². The molecule has 2 aromatic rings. The van der Waals surface area contributed by atoms with Gasteiger partial charge < -0.3 is 73.6 Å². The lowest BCUT2D eigenvalue weighted by molar-refractivity contribution is -0.383. The first kappa shape index (κ1) is 40.0. The number of esters is 3. The minimum Gasteiger partial charge on any atom is -0.504 e. The predicted molar refractivity (Wildman–Crippen MR) is 173 cm³/mol. The zero-order valence-electron chi connectivity index (χ0n) is 28.1. The third kappa shape index (κ3) is 9.35. The maximum atomic E-state index is 13.2. The summed E-state index contributed by atoms with van der Waals surface area (Å²) in [6, 6.07) is 8.41. The Balaban J connectivity index is 1.68. The first-order valence-corrected chi connectivity index (χ1v) is 15.7. The van der Waals surface area contributed by atoms with Crippen LogP contribution in [0.2, 0.25) is 0 Å². The molecule has 284 valence electrons. The molecule has 2 saturated heterocycles. The van der Waals surface area contributed by atoms with Crippen molar-refractivity contribution < 1.29 is 88.0 Å². The minimum absolute atomic E-state index is 0.108. The van der Waals surface area contributed by atoms with Crippen LogP contribution in [0.4, 0.5) is 0 Å². The molecule has 18 nitrogen and oxygen atoms in total. The van der Waals surface area contributed by atoms with Crippen LogP contribution in [0.3, 0.4) is 0 Å². The van der Waals surface area contributed by atoms with Crippen LogP contribution >= 0.6 is 0 Å². The van der Waals surface area contributed by atoms with Crippen LogP contribution in [0.25, 0.3) is 12.2 Å². The van der Waals surface area contributed by atoms with E-state index in [0.29, 0.717) is 11.1 Å². The molecule has 2 fully saturated rings. The summed E-state index contributed by atoms with van der Waals surface area (Å²) in [5, 5.41) is 72.0. The Kier molecular flexibility index (Phi) is 13.6. The Hall–Kier alpha value is -4.79. The molecule has 4 rings (SSSR count). The summed E-state index contributed by atoms with van der Waals surface area (Å²) < 4.78 is 43.6. The standard InChI is InChI=1S/C34H40O18/c1-17(37)48-31-30(44)28(42)24(14-35)49-33(31)52-34(16-47-26(40)10-6-18-4-8-20(38)22(12-18)45-2)32(29(43)25(15-36)51-34)50-27(41)11-7-19-5-9-21(39)23(13-19)46-3/h4-13,24-25,28-33,35-36,38-39,42-44H,14-16H2,1-3H3/b10-6+,11-7+/t24-,25-,28-,29-,30+,31-,32+,33-,34+/m1/s1. The fraction of sp³-hybridized carbons (Fsp3) is 0.441. The van der Waals surface area contributed by atoms with E-state index >= 15 is 0 Å². The van der Waals surface area contributed by atoms with Gasteiger partial charge in [-0.25, -0.2) is 9.59 Å². The van der Waals surface area contributed by atoms with Gasteiger partial charge in [-0.1, -0.05) is 12.1 Å². The number of aliphatic hydroxyl groups is 5. The number of hydrogen-bond donors (Lipinski definition) is 7. The minimum atomic E-state index is -2.56. The van der Waals surface area contributed by atoms with Gasteiger partial charge in [0.05, 0.1) is 27.4 Å². The second-order valence-electron chi connectivity index (χ2n) is 11.5. The number of carbonyl (C=O) groups is 3. The van der Waals surface area contributed by atoms with E-state index in [-0.39, 0.29) is 23.0 Å². The third-order valence-electron chi connectivity index (χ3n) is 7.99. The number of ether oxygens (including phenoxy) is 8. The normalized spacial score (nSPS) is 28.8. The van der Waals surface area contributed by atoms with Gasteiger partial charge >= 0.3 is 17.9 Å². The van der Waals surface area contributed by atoms with E-state index in [2.05, 4.69) is 0 Å². The second kappa shape index (κ2) is 17.6. The molecule has 52 heavy (non-hydrogen) atoms. The lowest BCUT2D eigenvalue weighted by Gasteiger charge is -2.44. The van der Waals surface area contributed by atoms with E-state index in [0.717, 1.165) is 19.1 Å². The molecule has 9 atom stereocenters. The van der Waals surface area contributed by atoms with Crippen molar-refractivity contribution in [1.82, 2.24) is 0 Å². The number of phenols is 2. The fourth-order valence-electron chi connectivity index (χ4n) is 5.37. The van der Waals surface area contributed by atoms with Gasteiger partial charge in [-0.2, -0.15) is 0 Å².